The fourth-order valence-electron chi connectivity index (χ4n) is 3.29. The average molecular weight is 398 g/mol. The number of ether oxygens (including phenoxy) is 2. The summed E-state index contributed by atoms with van der Waals surface area (Å²) in [6.07, 6.45) is 1.06. The van der Waals surface area contributed by atoms with E-state index in [1.54, 1.807) is 11.1 Å². The van der Waals surface area contributed by atoms with E-state index in [0.717, 1.165) is 22.0 Å². The molecule has 0 spiro atoms. The first-order valence-electron chi connectivity index (χ1n) is 9.07. The lowest BCUT2D eigenvalue weighted by atomic mass is 10.1. The molecule has 0 saturated carbocycles. The number of fused-ring (bicyclic) bond motifs is 1. The van der Waals surface area contributed by atoms with Gasteiger partial charge in [-0.1, -0.05) is 12.1 Å². The minimum atomic E-state index is -0.688. The van der Waals surface area contributed by atoms with Crippen LogP contribution in [0.2, 0.25) is 0 Å². The third-order valence-corrected chi connectivity index (χ3v) is 5.68. The number of rotatable bonds is 5. The van der Waals surface area contributed by atoms with Crippen molar-refractivity contribution in [2.24, 2.45) is 7.05 Å². The summed E-state index contributed by atoms with van der Waals surface area (Å²) < 4.78 is 13.5. The van der Waals surface area contributed by atoms with Crippen molar-refractivity contribution in [1.82, 2.24) is 19.7 Å². The van der Waals surface area contributed by atoms with Crippen LogP contribution in [0.15, 0.2) is 35.8 Å². The Hall–Kier alpha value is -2.87. The fraction of sp³-hybridized carbons (Fsp3) is 0.350. The number of aryl methyl sites for hydroxylation is 2. The topological polar surface area (TPSA) is 69.5 Å². The van der Waals surface area contributed by atoms with Gasteiger partial charge in [0.05, 0.1) is 12.2 Å². The van der Waals surface area contributed by atoms with Gasteiger partial charge in [0.15, 0.2) is 11.5 Å². The van der Waals surface area contributed by atoms with Gasteiger partial charge in [0.2, 0.25) is 6.10 Å². The van der Waals surface area contributed by atoms with E-state index in [9.17, 15) is 4.79 Å². The lowest BCUT2D eigenvalue weighted by molar-refractivity contribution is -0.142. The number of para-hydroxylation sites is 2. The maximum atomic E-state index is 13.3. The van der Waals surface area contributed by atoms with Crippen LogP contribution >= 0.6 is 11.3 Å². The van der Waals surface area contributed by atoms with E-state index in [1.165, 1.54) is 11.3 Å². The van der Waals surface area contributed by atoms with E-state index in [0.29, 0.717) is 24.6 Å². The van der Waals surface area contributed by atoms with Crippen LogP contribution in [0.3, 0.4) is 0 Å². The lowest BCUT2D eigenvalue weighted by Crippen LogP contribution is -2.46. The van der Waals surface area contributed by atoms with E-state index in [4.69, 9.17) is 9.47 Å². The van der Waals surface area contributed by atoms with Crippen LogP contribution in [-0.2, 0) is 24.9 Å². The molecule has 0 saturated heterocycles. The monoisotopic (exact) mass is 398 g/mol. The van der Waals surface area contributed by atoms with Gasteiger partial charge >= 0.3 is 0 Å². The van der Waals surface area contributed by atoms with Crippen molar-refractivity contribution in [2.75, 3.05) is 6.61 Å². The van der Waals surface area contributed by atoms with Crippen LogP contribution in [0.1, 0.15) is 22.0 Å². The van der Waals surface area contributed by atoms with Crippen molar-refractivity contribution in [3.8, 4) is 11.5 Å². The maximum absolute atomic E-state index is 13.3. The van der Waals surface area contributed by atoms with Gasteiger partial charge in [-0.15, -0.1) is 11.3 Å². The molecule has 28 heavy (non-hydrogen) atoms. The average Bonchev–Trinajstić information content (AvgIpc) is 3.30. The Labute approximate surface area is 167 Å². The van der Waals surface area contributed by atoms with Crippen LogP contribution in [0.5, 0.6) is 11.5 Å². The van der Waals surface area contributed by atoms with Crippen molar-refractivity contribution in [3.63, 3.8) is 0 Å². The molecule has 0 radical (unpaired) electrons. The van der Waals surface area contributed by atoms with Gasteiger partial charge in [0.1, 0.15) is 11.6 Å². The Balaban J connectivity index is 1.59. The molecule has 0 bridgehead atoms. The predicted molar refractivity (Wildman–Crippen MR) is 105 cm³/mol. The van der Waals surface area contributed by atoms with E-state index in [-0.39, 0.29) is 12.5 Å². The first kappa shape index (κ1) is 18.5. The number of amides is 1. The number of benzene rings is 1. The Morgan fingerprint density at radius 1 is 1.29 bits per heavy atom. The predicted octanol–water partition coefficient (Wildman–Crippen LogP) is 2.86. The number of aromatic nitrogens is 3. The van der Waals surface area contributed by atoms with Crippen LogP contribution in [-0.4, -0.2) is 38.3 Å². The Morgan fingerprint density at radius 2 is 2.07 bits per heavy atom. The number of nitrogens with zero attached hydrogens (tertiary/aromatic N) is 4. The maximum Gasteiger partial charge on any atom is 0.267 e. The fourth-order valence-corrected chi connectivity index (χ4v) is 3.92. The van der Waals surface area contributed by atoms with Crippen LogP contribution in [0.25, 0.3) is 0 Å². The minimum absolute atomic E-state index is 0.118. The van der Waals surface area contributed by atoms with Crippen LogP contribution < -0.4 is 9.47 Å². The van der Waals surface area contributed by atoms with Gasteiger partial charge in [-0.05, 0) is 26.0 Å². The summed E-state index contributed by atoms with van der Waals surface area (Å²) in [5.74, 6) is 1.14. The molecule has 1 aliphatic heterocycles. The summed E-state index contributed by atoms with van der Waals surface area (Å²) >= 11 is 1.53. The minimum Gasteiger partial charge on any atom is -0.485 e. The molecule has 1 aliphatic rings. The number of hydrogen-bond donors (Lipinski definition) is 0. The summed E-state index contributed by atoms with van der Waals surface area (Å²) in [5, 5.41) is 7.26. The van der Waals surface area contributed by atoms with Crippen molar-refractivity contribution in [1.29, 1.82) is 0 Å². The van der Waals surface area contributed by atoms with E-state index in [2.05, 4.69) is 10.1 Å². The van der Waals surface area contributed by atoms with E-state index < -0.39 is 6.10 Å². The number of carbonyl (C=O) groups excluding carboxylic acids is 1. The number of thiazole rings is 1. The summed E-state index contributed by atoms with van der Waals surface area (Å²) in [6, 6.07) is 7.40. The zero-order chi connectivity index (χ0) is 19.7. The van der Waals surface area contributed by atoms with Gasteiger partial charge in [-0.3, -0.25) is 9.48 Å². The smallest absolute Gasteiger partial charge is 0.267 e. The summed E-state index contributed by atoms with van der Waals surface area (Å²) in [4.78, 5) is 19.5. The zero-order valence-electron chi connectivity index (χ0n) is 16.1. The second-order valence-electron chi connectivity index (χ2n) is 6.76. The lowest BCUT2D eigenvalue weighted by Gasteiger charge is -2.30. The van der Waals surface area contributed by atoms with Gasteiger partial charge in [-0.25, -0.2) is 4.98 Å². The molecule has 0 aliphatic carbocycles. The van der Waals surface area contributed by atoms with Gasteiger partial charge < -0.3 is 14.4 Å². The van der Waals surface area contributed by atoms with Gasteiger partial charge in [0, 0.05) is 36.4 Å². The third kappa shape index (κ3) is 3.60. The molecule has 3 heterocycles. The summed E-state index contributed by atoms with van der Waals surface area (Å²) in [7, 11) is 1.91. The standard InChI is InChI=1S/C20H22N4O3S/c1-13-15(14(2)23(3)22-13)10-24(11-19-21-8-9-28-19)20(25)18-12-26-16-6-4-5-7-17(16)27-18/h4-9,18H,10-12H2,1-3H3. The first-order chi connectivity index (χ1) is 13.5. The van der Waals surface area contributed by atoms with Crippen molar-refractivity contribution in [3.05, 3.63) is 57.8 Å². The highest BCUT2D eigenvalue weighted by molar-refractivity contribution is 7.09. The molecule has 0 N–H and O–H groups in total. The Kier molecular flexibility index (Phi) is 5.04. The number of hydrogen-bond acceptors (Lipinski definition) is 6. The molecular formula is C20H22N4O3S. The second-order valence-corrected chi connectivity index (χ2v) is 7.74. The largest absolute Gasteiger partial charge is 0.485 e. The molecule has 8 heteroatoms. The normalized spacial score (nSPS) is 15.5. The van der Waals surface area contributed by atoms with E-state index in [1.807, 2.05) is 55.2 Å². The first-order valence-corrected chi connectivity index (χ1v) is 9.95. The summed E-state index contributed by atoms with van der Waals surface area (Å²) in [5.41, 5.74) is 3.01. The third-order valence-electron chi connectivity index (χ3n) is 4.91. The molecule has 1 aromatic carbocycles. The highest BCUT2D eigenvalue weighted by Gasteiger charge is 2.32. The Morgan fingerprint density at radius 3 is 2.75 bits per heavy atom. The molecule has 146 valence electrons. The summed E-state index contributed by atoms with van der Waals surface area (Å²) in [6.45, 7) is 5.04. The zero-order valence-corrected chi connectivity index (χ0v) is 16.9. The number of carbonyl (C=O) groups is 1. The van der Waals surface area contributed by atoms with Crippen molar-refractivity contribution >= 4 is 17.2 Å². The van der Waals surface area contributed by atoms with Crippen LogP contribution in [0.4, 0.5) is 0 Å². The van der Waals surface area contributed by atoms with Gasteiger partial charge in [-0.2, -0.15) is 5.10 Å². The highest BCUT2D eigenvalue weighted by atomic mass is 32.1. The van der Waals surface area contributed by atoms with Crippen molar-refractivity contribution in [2.45, 2.75) is 33.0 Å². The molecule has 1 amide bonds. The molecule has 0 fully saturated rings. The van der Waals surface area contributed by atoms with Crippen LogP contribution in [0, 0.1) is 13.8 Å². The molecule has 1 atom stereocenters. The Bertz CT molecular complexity index is 984. The second kappa shape index (κ2) is 7.63. The molecular weight excluding hydrogens is 376 g/mol. The van der Waals surface area contributed by atoms with E-state index >= 15 is 0 Å². The molecule has 4 rings (SSSR count). The molecule has 2 aromatic heterocycles. The quantitative estimate of drug-likeness (QED) is 0.661. The van der Waals surface area contributed by atoms with Crippen molar-refractivity contribution < 1.29 is 14.3 Å². The molecule has 3 aromatic rings. The van der Waals surface area contributed by atoms with Gasteiger partial charge in [0.25, 0.3) is 5.91 Å². The highest BCUT2D eigenvalue weighted by Crippen LogP contribution is 2.31. The molecule has 7 nitrogen and oxygen atoms in total. The molecule has 1 unspecified atom stereocenters. The SMILES string of the molecule is Cc1nn(C)c(C)c1CN(Cc1nccs1)C(=O)C1COc2ccccc2O1.